The number of furan rings is 1. The molecule has 3 aromatic carbocycles. The van der Waals surface area contributed by atoms with Gasteiger partial charge >= 0.3 is 0 Å². The molecule has 0 spiro atoms. The summed E-state index contributed by atoms with van der Waals surface area (Å²) in [7, 11) is 0. The van der Waals surface area contributed by atoms with E-state index in [1.54, 1.807) is 0 Å². The predicted octanol–water partition coefficient (Wildman–Crippen LogP) is 11.3. The second-order valence-corrected chi connectivity index (χ2v) is 14.3. The van der Waals surface area contributed by atoms with Gasteiger partial charge in [0.2, 0.25) is 0 Å². The molecule has 0 bridgehead atoms. The van der Waals surface area contributed by atoms with Gasteiger partial charge in [-0.3, -0.25) is 0 Å². The average Bonchev–Trinajstić information content (AvgIpc) is 3.51. The van der Waals surface area contributed by atoms with Crippen LogP contribution in [0.1, 0.15) is 53.5 Å². The van der Waals surface area contributed by atoms with Gasteiger partial charge in [-0.05, 0) is 74.2 Å². The van der Waals surface area contributed by atoms with E-state index in [0.717, 1.165) is 50.9 Å². The third-order valence-electron chi connectivity index (χ3n) is 8.16. The van der Waals surface area contributed by atoms with Crippen molar-refractivity contribution in [1.29, 1.82) is 0 Å². The first-order chi connectivity index (χ1) is 21.0. The number of nitrogens with zero attached hydrogens (tertiary/aromatic N) is 2. The largest absolute Gasteiger partial charge is 0.500 e. The van der Waals surface area contributed by atoms with E-state index in [1.807, 2.05) is 35.9 Å². The van der Waals surface area contributed by atoms with Gasteiger partial charge in [-0.1, -0.05) is 68.0 Å². The molecule has 0 N–H and O–H groups in total. The first-order valence-electron chi connectivity index (χ1n) is 15.1. The van der Waals surface area contributed by atoms with Crippen molar-refractivity contribution in [2.75, 3.05) is 0 Å². The number of pyridine rings is 2. The summed E-state index contributed by atoms with van der Waals surface area (Å²) in [5, 5.41) is 3.53. The van der Waals surface area contributed by atoms with Crippen molar-refractivity contribution < 1.29 is 24.5 Å². The molecule has 231 valence electrons. The predicted molar refractivity (Wildman–Crippen MR) is 187 cm³/mol. The molecular weight excluding hydrogens is 749 g/mol. The molecule has 3 nitrogen and oxygen atoms in total. The van der Waals surface area contributed by atoms with E-state index >= 15 is 0 Å². The quantitative estimate of drug-likeness (QED) is 0.168. The molecule has 0 unspecified atom stereocenters. The van der Waals surface area contributed by atoms with Gasteiger partial charge in [0, 0.05) is 52.8 Å². The Bertz CT molecular complexity index is 2130. The number of hydrogen-bond donors (Lipinski definition) is 0. The second kappa shape index (κ2) is 13.0. The first-order valence-corrected chi connectivity index (χ1v) is 15.9. The van der Waals surface area contributed by atoms with Crippen molar-refractivity contribution >= 4 is 43.4 Å². The van der Waals surface area contributed by atoms with Crippen LogP contribution in [0.5, 0.6) is 0 Å². The molecule has 0 fully saturated rings. The summed E-state index contributed by atoms with van der Waals surface area (Å²) in [4.78, 5) is 10.4. The van der Waals surface area contributed by atoms with Crippen LogP contribution in [0.4, 0.5) is 0 Å². The Morgan fingerprint density at radius 1 is 0.800 bits per heavy atom. The maximum Gasteiger partial charge on any atom is 0.129 e. The van der Waals surface area contributed by atoms with Crippen molar-refractivity contribution in [2.45, 2.75) is 61.8 Å². The minimum atomic E-state index is 0. The van der Waals surface area contributed by atoms with Gasteiger partial charge in [0.15, 0.2) is 0 Å². The molecule has 0 atom stereocenters. The SMILES string of the molecule is Cc1c[c-]c(-c2cc(C)c(C)cn2)cc1.Cc1sc2ccc3c4cc[c-]c(-c5cc(CC(C)(C)C)ccn5)c4oc3c2c1C.[Ir]. The van der Waals surface area contributed by atoms with Crippen LogP contribution in [0.25, 0.3) is 54.5 Å². The van der Waals surface area contributed by atoms with Gasteiger partial charge < -0.3 is 14.4 Å². The zero-order valence-electron chi connectivity index (χ0n) is 27.2. The van der Waals surface area contributed by atoms with E-state index in [-0.39, 0.29) is 25.5 Å². The van der Waals surface area contributed by atoms with Crippen molar-refractivity contribution in [3.8, 4) is 22.5 Å². The van der Waals surface area contributed by atoms with Crippen molar-refractivity contribution in [1.82, 2.24) is 9.97 Å². The third kappa shape index (κ3) is 6.82. The van der Waals surface area contributed by atoms with Crippen LogP contribution in [0, 0.1) is 52.2 Å². The summed E-state index contributed by atoms with van der Waals surface area (Å²) in [6.45, 7) is 17.4. The van der Waals surface area contributed by atoms with E-state index in [9.17, 15) is 0 Å². The normalized spacial score (nSPS) is 11.5. The number of aryl methyl sites for hydroxylation is 5. The Kier molecular flexibility index (Phi) is 9.46. The Morgan fingerprint density at radius 2 is 1.58 bits per heavy atom. The van der Waals surface area contributed by atoms with Crippen molar-refractivity contribution in [3.05, 3.63) is 118 Å². The molecule has 0 saturated carbocycles. The van der Waals surface area contributed by atoms with E-state index in [2.05, 4.69) is 126 Å². The summed E-state index contributed by atoms with van der Waals surface area (Å²) >= 11 is 1.83. The molecule has 0 aliphatic rings. The van der Waals surface area contributed by atoms with Gasteiger partial charge in [0.25, 0.3) is 0 Å². The fraction of sp³-hybridized carbons (Fsp3) is 0.250. The fourth-order valence-corrected chi connectivity index (χ4v) is 6.67. The Labute approximate surface area is 284 Å². The van der Waals surface area contributed by atoms with E-state index in [1.165, 1.54) is 42.8 Å². The van der Waals surface area contributed by atoms with Gasteiger partial charge in [0.05, 0.1) is 5.58 Å². The summed E-state index contributed by atoms with van der Waals surface area (Å²) < 4.78 is 7.80. The molecule has 4 aromatic heterocycles. The summed E-state index contributed by atoms with van der Waals surface area (Å²) in [6.07, 6.45) is 4.82. The molecule has 45 heavy (non-hydrogen) atoms. The van der Waals surface area contributed by atoms with Gasteiger partial charge in [0.1, 0.15) is 5.58 Å². The minimum Gasteiger partial charge on any atom is -0.500 e. The van der Waals surface area contributed by atoms with Crippen LogP contribution in [-0.4, -0.2) is 9.97 Å². The molecule has 7 aromatic rings. The maximum atomic E-state index is 6.52. The molecule has 0 saturated heterocycles. The average molecular weight is 787 g/mol. The number of rotatable bonds is 3. The van der Waals surface area contributed by atoms with E-state index < -0.39 is 0 Å². The monoisotopic (exact) mass is 787 g/mol. The molecule has 1 radical (unpaired) electrons. The molecule has 4 heterocycles. The van der Waals surface area contributed by atoms with Gasteiger partial charge in [-0.2, -0.15) is 0 Å². The molecule has 5 heteroatoms. The number of aromatic nitrogens is 2. The molecule has 7 rings (SSSR count). The topological polar surface area (TPSA) is 38.9 Å². The Balaban J connectivity index is 0.000000212. The zero-order valence-corrected chi connectivity index (χ0v) is 30.4. The summed E-state index contributed by atoms with van der Waals surface area (Å²) in [6, 6.07) is 27.7. The fourth-order valence-electron chi connectivity index (χ4n) is 5.60. The number of benzene rings is 3. The number of thiophene rings is 1. The molecule has 0 aliphatic carbocycles. The smallest absolute Gasteiger partial charge is 0.129 e. The zero-order chi connectivity index (χ0) is 31.2. The Hall–Kier alpha value is -3.63. The van der Waals surface area contributed by atoms with Crippen LogP contribution in [0.15, 0.2) is 77.5 Å². The van der Waals surface area contributed by atoms with Crippen molar-refractivity contribution in [2.24, 2.45) is 5.41 Å². The number of fused-ring (bicyclic) bond motifs is 5. The van der Waals surface area contributed by atoms with E-state index in [0.29, 0.717) is 0 Å². The molecule has 0 amide bonds. The van der Waals surface area contributed by atoms with Crippen LogP contribution in [-0.2, 0) is 26.5 Å². The third-order valence-corrected chi connectivity index (χ3v) is 9.33. The van der Waals surface area contributed by atoms with Crippen LogP contribution in [0.2, 0.25) is 0 Å². The standard InChI is InChI=1S/C26H24NOS.C14H14N.Ir/c1-15-16(2)29-22-10-9-19-18-7-6-8-20(24(18)28-25(19)23(15)22)21-13-17(11-12-27-21)14-26(3,4)5;1-10-4-6-13(7-5-10)14-8-11(2)12(3)9-15-14;/h6-7,9-13H,14H2,1-5H3;4-6,8-9H,1-3H3;/q2*-1;. The minimum absolute atomic E-state index is 0. The van der Waals surface area contributed by atoms with Gasteiger partial charge in [-0.15, -0.1) is 64.9 Å². The second-order valence-electron chi connectivity index (χ2n) is 13.0. The number of hydrogen-bond acceptors (Lipinski definition) is 4. The molecular formula is C40H38IrN2OS-2. The van der Waals surface area contributed by atoms with Crippen molar-refractivity contribution in [3.63, 3.8) is 0 Å². The molecule has 0 aliphatic heterocycles. The summed E-state index contributed by atoms with van der Waals surface area (Å²) in [5.41, 5.74) is 12.3. The Morgan fingerprint density at radius 3 is 2.29 bits per heavy atom. The van der Waals surface area contributed by atoms with Crippen LogP contribution < -0.4 is 0 Å². The van der Waals surface area contributed by atoms with Crippen LogP contribution >= 0.6 is 11.3 Å². The maximum absolute atomic E-state index is 6.52. The van der Waals surface area contributed by atoms with Crippen LogP contribution in [0.3, 0.4) is 0 Å². The van der Waals surface area contributed by atoms with E-state index in [4.69, 9.17) is 4.42 Å². The first kappa shape index (κ1) is 32.8. The van der Waals surface area contributed by atoms with Gasteiger partial charge in [-0.25, -0.2) is 0 Å². The summed E-state index contributed by atoms with van der Waals surface area (Å²) in [5.74, 6) is 0.